The highest BCUT2D eigenvalue weighted by atomic mass is 16.1. The average Bonchev–Trinajstić information content (AvgIpc) is 3.01. The van der Waals surface area contributed by atoms with Gasteiger partial charge in [-0.2, -0.15) is 0 Å². The van der Waals surface area contributed by atoms with Crippen molar-refractivity contribution in [2.75, 3.05) is 13.1 Å². The fourth-order valence-electron chi connectivity index (χ4n) is 3.03. The minimum atomic E-state index is 0.102. The summed E-state index contributed by atoms with van der Waals surface area (Å²) >= 11 is 0. The summed E-state index contributed by atoms with van der Waals surface area (Å²) in [5, 5.41) is 0. The van der Waals surface area contributed by atoms with Gasteiger partial charge >= 0.3 is 0 Å². The Morgan fingerprint density at radius 1 is 1.15 bits per heavy atom. The van der Waals surface area contributed by atoms with E-state index in [-0.39, 0.29) is 6.04 Å². The maximum absolute atomic E-state index is 12.8. The number of ketones is 1. The molecule has 0 bridgehead atoms. The molecular formula is C18H27NO. The van der Waals surface area contributed by atoms with Crippen LogP contribution in [-0.2, 0) is 6.42 Å². The third-order valence-electron chi connectivity index (χ3n) is 4.36. The van der Waals surface area contributed by atoms with Crippen molar-refractivity contribution >= 4 is 5.78 Å². The molecule has 0 aromatic heterocycles. The molecule has 2 nitrogen and oxygen atoms in total. The van der Waals surface area contributed by atoms with Crippen molar-refractivity contribution in [3.8, 4) is 0 Å². The number of unbranched alkanes of at least 4 members (excludes halogenated alkanes) is 1. The Bertz CT molecular complexity index is 418. The van der Waals surface area contributed by atoms with Crippen LogP contribution < -0.4 is 0 Å². The molecule has 1 fully saturated rings. The first-order valence-electron chi connectivity index (χ1n) is 8.13. The molecule has 2 heteroatoms. The van der Waals surface area contributed by atoms with E-state index in [1.54, 1.807) is 0 Å². The van der Waals surface area contributed by atoms with E-state index in [0.29, 0.717) is 5.78 Å². The molecule has 110 valence electrons. The number of carbonyl (C=O) groups is 1. The molecule has 1 unspecified atom stereocenters. The van der Waals surface area contributed by atoms with Crippen molar-refractivity contribution in [3.05, 3.63) is 35.4 Å². The largest absolute Gasteiger partial charge is 0.293 e. The summed E-state index contributed by atoms with van der Waals surface area (Å²) in [5.41, 5.74) is 2.18. The lowest BCUT2D eigenvalue weighted by atomic mass is 9.97. The van der Waals surface area contributed by atoms with Crippen LogP contribution in [0.4, 0.5) is 0 Å². The SMILES string of the molecule is CCCCC(C(=O)c1ccc(CC)cc1)N1CCCC1. The number of carbonyl (C=O) groups excluding carboxylic acids is 1. The predicted octanol–water partition coefficient (Wildman–Crippen LogP) is 4.09. The number of hydrogen-bond donors (Lipinski definition) is 0. The highest BCUT2D eigenvalue weighted by Gasteiger charge is 2.28. The Labute approximate surface area is 123 Å². The highest BCUT2D eigenvalue weighted by Crippen LogP contribution is 2.20. The molecule has 1 heterocycles. The summed E-state index contributed by atoms with van der Waals surface area (Å²) in [7, 11) is 0. The Balaban J connectivity index is 2.11. The van der Waals surface area contributed by atoms with Crippen LogP contribution >= 0.6 is 0 Å². The first-order valence-corrected chi connectivity index (χ1v) is 8.13. The molecule has 1 saturated heterocycles. The topological polar surface area (TPSA) is 20.3 Å². The Kier molecular flexibility index (Phi) is 5.78. The van der Waals surface area contributed by atoms with Gasteiger partial charge in [0.1, 0.15) is 0 Å². The first kappa shape index (κ1) is 15.2. The van der Waals surface area contributed by atoms with Gasteiger partial charge < -0.3 is 0 Å². The minimum Gasteiger partial charge on any atom is -0.293 e. The zero-order chi connectivity index (χ0) is 14.4. The molecule has 1 aromatic carbocycles. The van der Waals surface area contributed by atoms with E-state index in [1.165, 1.54) is 18.4 Å². The van der Waals surface area contributed by atoms with Crippen LogP contribution in [0.25, 0.3) is 0 Å². The van der Waals surface area contributed by atoms with Gasteiger partial charge in [-0.15, -0.1) is 0 Å². The van der Waals surface area contributed by atoms with Gasteiger partial charge in [-0.05, 0) is 44.3 Å². The number of hydrogen-bond acceptors (Lipinski definition) is 2. The summed E-state index contributed by atoms with van der Waals surface area (Å²) < 4.78 is 0. The number of Topliss-reactive ketones (excluding diaryl/α,β-unsaturated/α-hetero) is 1. The maximum atomic E-state index is 12.8. The smallest absolute Gasteiger partial charge is 0.179 e. The van der Waals surface area contributed by atoms with Crippen LogP contribution in [0, 0.1) is 0 Å². The molecule has 20 heavy (non-hydrogen) atoms. The van der Waals surface area contributed by atoms with Gasteiger partial charge in [0.2, 0.25) is 0 Å². The van der Waals surface area contributed by atoms with Crippen LogP contribution in [0.1, 0.15) is 61.9 Å². The molecule has 0 saturated carbocycles. The van der Waals surface area contributed by atoms with E-state index in [4.69, 9.17) is 0 Å². The third-order valence-corrected chi connectivity index (χ3v) is 4.36. The van der Waals surface area contributed by atoms with Gasteiger partial charge in [0.25, 0.3) is 0 Å². The highest BCUT2D eigenvalue weighted by molar-refractivity contribution is 6.00. The van der Waals surface area contributed by atoms with Gasteiger partial charge in [-0.25, -0.2) is 0 Å². The molecule has 0 radical (unpaired) electrons. The normalized spacial score (nSPS) is 17.3. The van der Waals surface area contributed by atoms with Gasteiger partial charge in [-0.3, -0.25) is 9.69 Å². The molecular weight excluding hydrogens is 246 g/mol. The minimum absolute atomic E-state index is 0.102. The second-order valence-corrected chi connectivity index (χ2v) is 5.82. The van der Waals surface area contributed by atoms with E-state index in [9.17, 15) is 4.79 Å². The quantitative estimate of drug-likeness (QED) is 0.697. The number of aryl methyl sites for hydroxylation is 1. The molecule has 0 N–H and O–H groups in total. The summed E-state index contributed by atoms with van der Waals surface area (Å²) in [6.45, 7) is 6.52. The Morgan fingerprint density at radius 3 is 2.35 bits per heavy atom. The fourth-order valence-corrected chi connectivity index (χ4v) is 3.03. The van der Waals surface area contributed by atoms with E-state index in [2.05, 4.69) is 30.9 Å². The predicted molar refractivity (Wildman–Crippen MR) is 84.3 cm³/mol. The molecule has 1 aromatic rings. The number of benzene rings is 1. The average molecular weight is 273 g/mol. The second-order valence-electron chi connectivity index (χ2n) is 5.82. The molecule has 0 aliphatic carbocycles. The van der Waals surface area contributed by atoms with Crippen molar-refractivity contribution in [3.63, 3.8) is 0 Å². The lowest BCUT2D eigenvalue weighted by Crippen LogP contribution is -2.39. The van der Waals surface area contributed by atoms with Crippen molar-refractivity contribution in [1.82, 2.24) is 4.90 Å². The summed E-state index contributed by atoms with van der Waals surface area (Å²) in [6, 6.07) is 8.30. The van der Waals surface area contributed by atoms with Crippen LogP contribution in [0.3, 0.4) is 0 Å². The van der Waals surface area contributed by atoms with Crippen LogP contribution in [0.2, 0.25) is 0 Å². The molecule has 0 spiro atoms. The van der Waals surface area contributed by atoms with E-state index in [0.717, 1.165) is 44.3 Å². The monoisotopic (exact) mass is 273 g/mol. The summed E-state index contributed by atoms with van der Waals surface area (Å²) in [6.07, 6.45) is 6.81. The third kappa shape index (κ3) is 3.69. The van der Waals surface area contributed by atoms with Gasteiger partial charge in [0.15, 0.2) is 5.78 Å². The van der Waals surface area contributed by atoms with Crippen molar-refractivity contribution in [1.29, 1.82) is 0 Å². The first-order chi connectivity index (χ1) is 9.76. The Morgan fingerprint density at radius 2 is 1.80 bits per heavy atom. The lowest BCUT2D eigenvalue weighted by Gasteiger charge is -2.26. The van der Waals surface area contributed by atoms with Crippen LogP contribution in [0.15, 0.2) is 24.3 Å². The molecule has 1 aliphatic rings. The van der Waals surface area contributed by atoms with Crippen molar-refractivity contribution in [2.24, 2.45) is 0 Å². The number of likely N-dealkylation sites (tertiary alicyclic amines) is 1. The summed E-state index contributed by atoms with van der Waals surface area (Å²) in [4.78, 5) is 15.2. The van der Waals surface area contributed by atoms with Crippen molar-refractivity contribution in [2.45, 2.75) is 58.4 Å². The van der Waals surface area contributed by atoms with Crippen molar-refractivity contribution < 1.29 is 4.79 Å². The van der Waals surface area contributed by atoms with E-state index >= 15 is 0 Å². The van der Waals surface area contributed by atoms with E-state index < -0.39 is 0 Å². The molecule has 0 amide bonds. The maximum Gasteiger partial charge on any atom is 0.179 e. The lowest BCUT2D eigenvalue weighted by molar-refractivity contribution is 0.0835. The second kappa shape index (κ2) is 7.58. The summed E-state index contributed by atoms with van der Waals surface area (Å²) in [5.74, 6) is 0.322. The molecule has 2 rings (SSSR count). The molecule has 1 atom stereocenters. The van der Waals surface area contributed by atoms with Crippen LogP contribution in [-0.4, -0.2) is 29.8 Å². The Hall–Kier alpha value is -1.15. The van der Waals surface area contributed by atoms with Gasteiger partial charge in [0.05, 0.1) is 6.04 Å². The zero-order valence-corrected chi connectivity index (χ0v) is 12.9. The van der Waals surface area contributed by atoms with E-state index in [1.807, 2.05) is 12.1 Å². The van der Waals surface area contributed by atoms with Crippen LogP contribution in [0.5, 0.6) is 0 Å². The standard InChI is InChI=1S/C18H27NO/c1-3-5-8-17(19-13-6-7-14-19)18(20)16-11-9-15(4-2)10-12-16/h9-12,17H,3-8,13-14H2,1-2H3. The van der Waals surface area contributed by atoms with Gasteiger partial charge in [0, 0.05) is 5.56 Å². The number of rotatable bonds is 7. The molecule has 1 aliphatic heterocycles. The number of nitrogens with zero attached hydrogens (tertiary/aromatic N) is 1. The van der Waals surface area contributed by atoms with Gasteiger partial charge in [-0.1, -0.05) is 51.0 Å². The fraction of sp³-hybridized carbons (Fsp3) is 0.611. The zero-order valence-electron chi connectivity index (χ0n) is 12.9.